The molecule has 0 aliphatic rings. The Morgan fingerprint density at radius 3 is 2.93 bits per heavy atom. The van der Waals surface area contributed by atoms with Crippen molar-refractivity contribution >= 4 is 23.2 Å². The standard InChI is InChI=1S/C10H13NO3S/c1-14-10(13)7-11-9(12)5-4-8-3-2-6-15-8/h2-3,6H,4-5,7H2,1H3,(H,11,12). The van der Waals surface area contributed by atoms with Gasteiger partial charge in [0, 0.05) is 11.3 Å². The molecular weight excluding hydrogens is 214 g/mol. The summed E-state index contributed by atoms with van der Waals surface area (Å²) in [6, 6.07) is 3.94. The maximum absolute atomic E-state index is 11.2. The summed E-state index contributed by atoms with van der Waals surface area (Å²) in [6.07, 6.45) is 1.11. The number of hydrogen-bond acceptors (Lipinski definition) is 4. The van der Waals surface area contributed by atoms with E-state index in [2.05, 4.69) is 10.1 Å². The lowest BCUT2D eigenvalue weighted by molar-refractivity contribution is -0.141. The van der Waals surface area contributed by atoms with Gasteiger partial charge in [-0.3, -0.25) is 9.59 Å². The average Bonchev–Trinajstić information content (AvgIpc) is 2.75. The molecule has 15 heavy (non-hydrogen) atoms. The highest BCUT2D eigenvalue weighted by Gasteiger charge is 2.05. The fourth-order valence-corrected chi connectivity index (χ4v) is 1.73. The molecule has 0 saturated heterocycles. The minimum Gasteiger partial charge on any atom is -0.468 e. The van der Waals surface area contributed by atoms with Crippen molar-refractivity contribution in [3.8, 4) is 0 Å². The van der Waals surface area contributed by atoms with Gasteiger partial charge in [-0.15, -0.1) is 11.3 Å². The van der Waals surface area contributed by atoms with Crippen molar-refractivity contribution in [1.82, 2.24) is 5.32 Å². The summed E-state index contributed by atoms with van der Waals surface area (Å²) < 4.78 is 4.40. The van der Waals surface area contributed by atoms with Crippen molar-refractivity contribution in [2.45, 2.75) is 12.8 Å². The lowest BCUT2D eigenvalue weighted by Crippen LogP contribution is -2.30. The monoisotopic (exact) mass is 227 g/mol. The molecule has 1 aromatic rings. The van der Waals surface area contributed by atoms with Crippen LogP contribution in [-0.2, 0) is 20.7 Å². The number of ether oxygens (including phenoxy) is 1. The molecule has 1 aromatic heterocycles. The molecule has 0 atom stereocenters. The Bertz CT molecular complexity index is 321. The third-order valence-corrected chi connectivity index (χ3v) is 2.77. The van der Waals surface area contributed by atoms with Crippen LogP contribution < -0.4 is 5.32 Å². The lowest BCUT2D eigenvalue weighted by Gasteiger charge is -2.02. The van der Waals surface area contributed by atoms with Gasteiger partial charge in [-0.05, 0) is 17.9 Å². The molecule has 1 heterocycles. The molecule has 0 bridgehead atoms. The van der Waals surface area contributed by atoms with Crippen LogP contribution in [0.4, 0.5) is 0 Å². The summed E-state index contributed by atoms with van der Waals surface area (Å²) in [7, 11) is 1.29. The van der Waals surface area contributed by atoms with Gasteiger partial charge in [0.2, 0.25) is 5.91 Å². The Labute approximate surface area is 92.2 Å². The number of aryl methyl sites for hydroxylation is 1. The molecule has 0 fully saturated rings. The fourth-order valence-electron chi connectivity index (χ4n) is 1.02. The van der Waals surface area contributed by atoms with E-state index in [9.17, 15) is 9.59 Å². The summed E-state index contributed by atoms with van der Waals surface area (Å²) in [6.45, 7) is -0.0558. The normalized spacial score (nSPS) is 9.67. The van der Waals surface area contributed by atoms with Crippen molar-refractivity contribution in [3.63, 3.8) is 0 Å². The summed E-state index contributed by atoms with van der Waals surface area (Å²) in [5.74, 6) is -0.562. The lowest BCUT2D eigenvalue weighted by atomic mass is 10.2. The van der Waals surface area contributed by atoms with Gasteiger partial charge < -0.3 is 10.1 Å². The summed E-state index contributed by atoms with van der Waals surface area (Å²) in [4.78, 5) is 23.1. The minimum absolute atomic E-state index is 0.0558. The van der Waals surface area contributed by atoms with E-state index in [-0.39, 0.29) is 12.5 Å². The van der Waals surface area contributed by atoms with Crippen molar-refractivity contribution in [3.05, 3.63) is 22.4 Å². The molecule has 0 aromatic carbocycles. The van der Waals surface area contributed by atoms with Gasteiger partial charge in [-0.2, -0.15) is 0 Å². The second kappa shape index (κ2) is 6.19. The fraction of sp³-hybridized carbons (Fsp3) is 0.400. The van der Waals surface area contributed by atoms with Crippen LogP contribution in [0.1, 0.15) is 11.3 Å². The molecule has 82 valence electrons. The van der Waals surface area contributed by atoms with Gasteiger partial charge in [0.05, 0.1) is 7.11 Å². The minimum atomic E-state index is -0.431. The second-order valence-electron chi connectivity index (χ2n) is 2.93. The largest absolute Gasteiger partial charge is 0.468 e. The first-order valence-corrected chi connectivity index (χ1v) is 5.46. The number of nitrogens with one attached hydrogen (secondary N) is 1. The van der Waals surface area contributed by atoms with Crippen LogP contribution in [0, 0.1) is 0 Å². The molecule has 1 N–H and O–H groups in total. The maximum Gasteiger partial charge on any atom is 0.325 e. The SMILES string of the molecule is COC(=O)CNC(=O)CCc1cccs1. The molecule has 0 saturated carbocycles. The predicted octanol–water partition coefficient (Wildman–Crippen LogP) is 0.970. The zero-order chi connectivity index (χ0) is 11.1. The van der Waals surface area contributed by atoms with Crippen LogP contribution in [0.15, 0.2) is 17.5 Å². The van der Waals surface area contributed by atoms with Crippen LogP contribution in [0.5, 0.6) is 0 Å². The summed E-state index contributed by atoms with van der Waals surface area (Å²) >= 11 is 1.62. The van der Waals surface area contributed by atoms with Crippen molar-refractivity contribution in [2.24, 2.45) is 0 Å². The number of rotatable bonds is 5. The van der Waals surface area contributed by atoms with E-state index in [0.717, 1.165) is 0 Å². The van der Waals surface area contributed by atoms with Crippen LogP contribution in [0.2, 0.25) is 0 Å². The molecule has 0 spiro atoms. The topological polar surface area (TPSA) is 55.4 Å². The van der Waals surface area contributed by atoms with E-state index < -0.39 is 5.97 Å². The first-order valence-electron chi connectivity index (χ1n) is 4.58. The number of methoxy groups -OCH3 is 1. The van der Waals surface area contributed by atoms with Crippen LogP contribution in [-0.4, -0.2) is 25.5 Å². The third kappa shape index (κ3) is 4.60. The predicted molar refractivity (Wildman–Crippen MR) is 57.7 cm³/mol. The number of carbonyl (C=O) groups is 2. The zero-order valence-corrected chi connectivity index (χ0v) is 9.30. The molecule has 0 unspecified atom stereocenters. The Morgan fingerprint density at radius 1 is 1.53 bits per heavy atom. The first-order chi connectivity index (χ1) is 7.22. The van der Waals surface area contributed by atoms with Gasteiger partial charge in [0.25, 0.3) is 0 Å². The highest BCUT2D eigenvalue weighted by molar-refractivity contribution is 7.09. The number of thiophene rings is 1. The van der Waals surface area contributed by atoms with Gasteiger partial charge >= 0.3 is 5.97 Å². The number of esters is 1. The molecule has 4 nitrogen and oxygen atoms in total. The Kier molecular flexibility index (Phi) is 4.83. The molecule has 0 aliphatic carbocycles. The van der Waals surface area contributed by atoms with Crippen LogP contribution in [0.3, 0.4) is 0 Å². The maximum atomic E-state index is 11.2. The Morgan fingerprint density at radius 2 is 2.33 bits per heavy atom. The quantitative estimate of drug-likeness (QED) is 0.763. The van der Waals surface area contributed by atoms with Crippen molar-refractivity contribution in [1.29, 1.82) is 0 Å². The molecule has 1 rings (SSSR count). The van der Waals surface area contributed by atoms with E-state index in [1.54, 1.807) is 11.3 Å². The average molecular weight is 227 g/mol. The van der Waals surface area contributed by atoms with E-state index in [1.807, 2.05) is 17.5 Å². The van der Waals surface area contributed by atoms with E-state index in [1.165, 1.54) is 12.0 Å². The summed E-state index contributed by atoms with van der Waals surface area (Å²) in [5.41, 5.74) is 0. The van der Waals surface area contributed by atoms with E-state index in [0.29, 0.717) is 12.8 Å². The van der Waals surface area contributed by atoms with Gasteiger partial charge in [-0.1, -0.05) is 6.07 Å². The highest BCUT2D eigenvalue weighted by atomic mass is 32.1. The molecule has 0 aliphatic heterocycles. The van der Waals surface area contributed by atoms with Gasteiger partial charge in [0.15, 0.2) is 0 Å². The summed E-state index contributed by atoms with van der Waals surface area (Å²) in [5, 5.41) is 4.46. The van der Waals surface area contributed by atoms with Crippen LogP contribution >= 0.6 is 11.3 Å². The molecule has 1 amide bonds. The number of hydrogen-bond donors (Lipinski definition) is 1. The molecule has 0 radical (unpaired) electrons. The van der Waals surface area contributed by atoms with Crippen molar-refractivity contribution in [2.75, 3.05) is 13.7 Å². The Balaban J connectivity index is 2.16. The third-order valence-electron chi connectivity index (χ3n) is 1.84. The number of amides is 1. The van der Waals surface area contributed by atoms with Crippen LogP contribution in [0.25, 0.3) is 0 Å². The first kappa shape index (κ1) is 11.7. The van der Waals surface area contributed by atoms with Crippen molar-refractivity contribution < 1.29 is 14.3 Å². The Hall–Kier alpha value is -1.36. The zero-order valence-electron chi connectivity index (χ0n) is 8.49. The smallest absolute Gasteiger partial charge is 0.325 e. The van der Waals surface area contributed by atoms with E-state index in [4.69, 9.17) is 0 Å². The van der Waals surface area contributed by atoms with E-state index >= 15 is 0 Å². The van der Waals surface area contributed by atoms with Gasteiger partial charge in [0.1, 0.15) is 6.54 Å². The number of carbonyl (C=O) groups excluding carboxylic acids is 2. The second-order valence-corrected chi connectivity index (χ2v) is 3.96. The molecular formula is C10H13NO3S. The van der Waals surface area contributed by atoms with Gasteiger partial charge in [-0.25, -0.2) is 0 Å². The highest BCUT2D eigenvalue weighted by Crippen LogP contribution is 2.10. The molecule has 5 heteroatoms.